The molecule has 0 bridgehead atoms. The molecule has 0 amide bonds. The first-order valence-electron chi connectivity index (χ1n) is 5.62. The monoisotopic (exact) mass is 304 g/mol. The van der Waals surface area contributed by atoms with Crippen molar-refractivity contribution >= 4 is 27.5 Å². The molecule has 3 heteroatoms. The van der Waals surface area contributed by atoms with Crippen molar-refractivity contribution < 1.29 is 4.74 Å². The summed E-state index contributed by atoms with van der Waals surface area (Å²) in [5.41, 5.74) is 1.17. The molecule has 1 aromatic carbocycles. The van der Waals surface area contributed by atoms with Gasteiger partial charge < -0.3 is 4.74 Å². The molecule has 16 heavy (non-hydrogen) atoms. The fourth-order valence-corrected chi connectivity index (χ4v) is 2.22. The molecule has 0 N–H and O–H groups in total. The first-order chi connectivity index (χ1) is 7.67. The molecule has 0 aliphatic carbocycles. The van der Waals surface area contributed by atoms with Crippen LogP contribution in [0.15, 0.2) is 18.2 Å². The van der Waals surface area contributed by atoms with Gasteiger partial charge in [0.1, 0.15) is 5.75 Å². The maximum Gasteiger partial charge on any atom is 0.138 e. The summed E-state index contributed by atoms with van der Waals surface area (Å²) in [4.78, 5) is 0. The van der Waals surface area contributed by atoms with E-state index >= 15 is 0 Å². The van der Waals surface area contributed by atoms with Crippen molar-refractivity contribution in [3.63, 3.8) is 0 Å². The highest BCUT2D eigenvalue weighted by Crippen LogP contribution is 2.26. The number of aryl methyl sites for hydroxylation is 1. The van der Waals surface area contributed by atoms with Crippen molar-refractivity contribution in [2.24, 2.45) is 5.92 Å². The number of alkyl halides is 1. The van der Waals surface area contributed by atoms with Gasteiger partial charge in [0.2, 0.25) is 0 Å². The second kappa shape index (κ2) is 7.18. The molecule has 1 aromatic rings. The highest BCUT2D eigenvalue weighted by atomic mass is 79.9. The quantitative estimate of drug-likeness (QED) is 0.683. The van der Waals surface area contributed by atoms with Gasteiger partial charge in [-0.25, -0.2) is 0 Å². The zero-order valence-electron chi connectivity index (χ0n) is 9.80. The number of benzene rings is 1. The molecule has 0 saturated heterocycles. The van der Waals surface area contributed by atoms with Gasteiger partial charge in [0.15, 0.2) is 0 Å². The van der Waals surface area contributed by atoms with Crippen LogP contribution in [0.25, 0.3) is 0 Å². The Morgan fingerprint density at radius 1 is 1.44 bits per heavy atom. The lowest BCUT2D eigenvalue weighted by Gasteiger charge is -2.15. The van der Waals surface area contributed by atoms with Crippen molar-refractivity contribution in [1.29, 1.82) is 0 Å². The van der Waals surface area contributed by atoms with E-state index in [1.165, 1.54) is 18.4 Å². The van der Waals surface area contributed by atoms with E-state index in [0.717, 1.165) is 17.7 Å². The second-order valence-electron chi connectivity index (χ2n) is 4.05. The molecule has 0 heterocycles. The molecule has 1 nitrogen and oxygen atoms in total. The predicted octanol–water partition coefficient (Wildman–Crippen LogP) is 4.84. The fourth-order valence-electron chi connectivity index (χ4n) is 1.54. The molecule has 90 valence electrons. The van der Waals surface area contributed by atoms with Gasteiger partial charge in [-0.05, 0) is 31.0 Å². The van der Waals surface area contributed by atoms with E-state index < -0.39 is 0 Å². The molecule has 0 spiro atoms. The van der Waals surface area contributed by atoms with Crippen LogP contribution in [0.4, 0.5) is 0 Å². The third kappa shape index (κ3) is 4.34. The van der Waals surface area contributed by atoms with Crippen LogP contribution in [0.1, 0.15) is 25.3 Å². The number of ether oxygens (including phenoxy) is 1. The number of halogens is 2. The van der Waals surface area contributed by atoms with Crippen molar-refractivity contribution in [2.45, 2.75) is 26.7 Å². The number of rotatable bonds is 6. The van der Waals surface area contributed by atoms with Gasteiger partial charge >= 0.3 is 0 Å². The highest BCUT2D eigenvalue weighted by Gasteiger charge is 2.08. The maximum absolute atomic E-state index is 6.06. The lowest BCUT2D eigenvalue weighted by atomic mass is 10.1. The van der Waals surface area contributed by atoms with Gasteiger partial charge in [-0.3, -0.25) is 0 Å². The average molecular weight is 306 g/mol. The average Bonchev–Trinajstić information content (AvgIpc) is 2.28. The Bertz CT molecular complexity index is 328. The highest BCUT2D eigenvalue weighted by molar-refractivity contribution is 9.09. The van der Waals surface area contributed by atoms with E-state index in [4.69, 9.17) is 16.3 Å². The molecule has 0 aromatic heterocycles. The van der Waals surface area contributed by atoms with E-state index in [1.54, 1.807) is 0 Å². The van der Waals surface area contributed by atoms with Crippen LogP contribution in [0.2, 0.25) is 5.02 Å². The minimum atomic E-state index is 0.557. The second-order valence-corrected chi connectivity index (χ2v) is 5.11. The molecule has 0 aliphatic heterocycles. The summed E-state index contributed by atoms with van der Waals surface area (Å²) in [6, 6.07) is 5.86. The Labute approximate surface area is 111 Å². The molecular weight excluding hydrogens is 287 g/mol. The van der Waals surface area contributed by atoms with Gasteiger partial charge in [-0.1, -0.05) is 46.9 Å². The Balaban J connectivity index is 2.55. The van der Waals surface area contributed by atoms with E-state index in [0.29, 0.717) is 10.9 Å². The molecular formula is C13H18BrClO. The Morgan fingerprint density at radius 2 is 2.19 bits per heavy atom. The van der Waals surface area contributed by atoms with Crippen LogP contribution in [0, 0.1) is 12.8 Å². The summed E-state index contributed by atoms with van der Waals surface area (Å²) >= 11 is 9.57. The minimum Gasteiger partial charge on any atom is -0.492 e. The van der Waals surface area contributed by atoms with Gasteiger partial charge in [0.25, 0.3) is 0 Å². The first-order valence-corrected chi connectivity index (χ1v) is 7.12. The van der Waals surface area contributed by atoms with E-state index in [1.807, 2.05) is 25.1 Å². The SMILES string of the molecule is CCCC(CBr)COc1cc(C)ccc1Cl. The van der Waals surface area contributed by atoms with Gasteiger partial charge in [-0.15, -0.1) is 0 Å². The number of hydrogen-bond acceptors (Lipinski definition) is 1. The lowest BCUT2D eigenvalue weighted by Crippen LogP contribution is -2.13. The zero-order chi connectivity index (χ0) is 12.0. The molecule has 1 rings (SSSR count). The molecule has 0 fully saturated rings. The first kappa shape index (κ1) is 13.9. The summed E-state index contributed by atoms with van der Waals surface area (Å²) in [6.07, 6.45) is 2.36. The van der Waals surface area contributed by atoms with Crippen molar-refractivity contribution in [2.75, 3.05) is 11.9 Å². The van der Waals surface area contributed by atoms with E-state index in [9.17, 15) is 0 Å². The topological polar surface area (TPSA) is 9.23 Å². The van der Waals surface area contributed by atoms with E-state index in [2.05, 4.69) is 22.9 Å². The largest absolute Gasteiger partial charge is 0.492 e. The summed E-state index contributed by atoms with van der Waals surface area (Å²) in [5, 5.41) is 1.67. The van der Waals surface area contributed by atoms with Crippen molar-refractivity contribution in [3.8, 4) is 5.75 Å². The summed E-state index contributed by atoms with van der Waals surface area (Å²) in [7, 11) is 0. The minimum absolute atomic E-state index is 0.557. The van der Waals surface area contributed by atoms with Gasteiger partial charge in [-0.2, -0.15) is 0 Å². The van der Waals surface area contributed by atoms with Gasteiger partial charge in [0, 0.05) is 11.2 Å². The van der Waals surface area contributed by atoms with Crippen molar-refractivity contribution in [1.82, 2.24) is 0 Å². The zero-order valence-corrected chi connectivity index (χ0v) is 12.1. The van der Waals surface area contributed by atoms with Crippen LogP contribution in [0.5, 0.6) is 5.75 Å². The van der Waals surface area contributed by atoms with Crippen LogP contribution in [-0.2, 0) is 0 Å². The van der Waals surface area contributed by atoms with Crippen LogP contribution in [0.3, 0.4) is 0 Å². The fraction of sp³-hybridized carbons (Fsp3) is 0.538. The third-order valence-corrected chi connectivity index (χ3v) is 3.70. The maximum atomic E-state index is 6.06. The summed E-state index contributed by atoms with van der Waals surface area (Å²) in [5.74, 6) is 1.35. The Hall–Kier alpha value is -0.210. The van der Waals surface area contributed by atoms with Crippen LogP contribution < -0.4 is 4.74 Å². The predicted molar refractivity (Wildman–Crippen MR) is 73.9 cm³/mol. The Morgan fingerprint density at radius 3 is 2.81 bits per heavy atom. The van der Waals surface area contributed by atoms with Crippen molar-refractivity contribution in [3.05, 3.63) is 28.8 Å². The van der Waals surface area contributed by atoms with E-state index in [-0.39, 0.29) is 0 Å². The smallest absolute Gasteiger partial charge is 0.138 e. The van der Waals surface area contributed by atoms with Crippen LogP contribution in [-0.4, -0.2) is 11.9 Å². The lowest BCUT2D eigenvalue weighted by molar-refractivity contribution is 0.255. The molecule has 0 saturated carbocycles. The number of hydrogen-bond donors (Lipinski definition) is 0. The summed E-state index contributed by atoms with van der Waals surface area (Å²) < 4.78 is 5.76. The molecule has 1 unspecified atom stereocenters. The molecule has 1 atom stereocenters. The Kier molecular flexibility index (Phi) is 6.22. The van der Waals surface area contributed by atoms with Crippen LogP contribution >= 0.6 is 27.5 Å². The molecule has 0 radical (unpaired) electrons. The third-order valence-electron chi connectivity index (χ3n) is 2.48. The normalized spacial score (nSPS) is 12.5. The summed E-state index contributed by atoms with van der Waals surface area (Å²) in [6.45, 7) is 4.95. The van der Waals surface area contributed by atoms with Gasteiger partial charge in [0.05, 0.1) is 11.6 Å². The standard InChI is InChI=1S/C13H18BrClO/c1-3-4-11(8-14)9-16-13-7-10(2)5-6-12(13)15/h5-7,11H,3-4,8-9H2,1-2H3. The molecule has 0 aliphatic rings.